The topological polar surface area (TPSA) is 52.8 Å². The Morgan fingerprint density at radius 3 is 2.45 bits per heavy atom. The van der Waals surface area contributed by atoms with Crippen molar-refractivity contribution < 1.29 is 4.79 Å². The van der Waals surface area contributed by atoms with Crippen molar-refractivity contribution in [3.63, 3.8) is 0 Å². The van der Waals surface area contributed by atoms with Gasteiger partial charge in [0.1, 0.15) is 0 Å². The zero-order valence-corrected chi connectivity index (χ0v) is 14.6. The molecule has 3 unspecified atom stereocenters. The maximum absolute atomic E-state index is 12.4. The van der Waals surface area contributed by atoms with E-state index in [-0.39, 0.29) is 17.9 Å². The highest BCUT2D eigenvalue weighted by molar-refractivity contribution is 5.82. The summed E-state index contributed by atoms with van der Waals surface area (Å²) in [5, 5.41) is 0. The minimum absolute atomic E-state index is 0.142. The minimum Gasteiger partial charge on any atom is -0.339 e. The second-order valence-electron chi connectivity index (χ2n) is 7.17. The van der Waals surface area contributed by atoms with Gasteiger partial charge in [-0.05, 0) is 32.4 Å². The van der Waals surface area contributed by atoms with Crippen molar-refractivity contribution in [2.75, 3.05) is 46.3 Å². The Balaban J connectivity index is 1.76. The van der Waals surface area contributed by atoms with Gasteiger partial charge in [0.15, 0.2) is 0 Å². The normalized spacial score (nSPS) is 27.6. The summed E-state index contributed by atoms with van der Waals surface area (Å²) in [6.45, 7) is 10.2. The second kappa shape index (κ2) is 8.27. The lowest BCUT2D eigenvalue weighted by molar-refractivity contribution is -0.135. The third-order valence-corrected chi connectivity index (χ3v) is 5.62. The van der Waals surface area contributed by atoms with Crippen molar-refractivity contribution in [3.05, 3.63) is 0 Å². The Hall–Kier alpha value is -0.650. The monoisotopic (exact) mass is 310 g/mol. The van der Waals surface area contributed by atoms with Crippen LogP contribution in [-0.4, -0.2) is 79.0 Å². The van der Waals surface area contributed by atoms with Crippen LogP contribution in [0.5, 0.6) is 0 Å². The molecular weight excluding hydrogens is 276 g/mol. The van der Waals surface area contributed by atoms with Gasteiger partial charge >= 0.3 is 0 Å². The fourth-order valence-corrected chi connectivity index (χ4v) is 3.53. The van der Waals surface area contributed by atoms with Gasteiger partial charge in [-0.3, -0.25) is 9.69 Å². The summed E-state index contributed by atoms with van der Waals surface area (Å²) < 4.78 is 0. The van der Waals surface area contributed by atoms with E-state index < -0.39 is 0 Å². The number of piperazine rings is 1. The summed E-state index contributed by atoms with van der Waals surface area (Å²) in [7, 11) is 2.24. The number of amides is 1. The smallest absolute Gasteiger partial charge is 0.239 e. The quantitative estimate of drug-likeness (QED) is 0.823. The fraction of sp³-hybridized carbons (Fsp3) is 0.941. The van der Waals surface area contributed by atoms with Crippen molar-refractivity contribution in [1.29, 1.82) is 0 Å². The molecule has 0 saturated carbocycles. The number of carbonyl (C=O) groups is 1. The summed E-state index contributed by atoms with van der Waals surface area (Å²) in [4.78, 5) is 19.4. The van der Waals surface area contributed by atoms with Crippen molar-refractivity contribution in [1.82, 2.24) is 14.7 Å². The Kier molecular flexibility index (Phi) is 6.66. The van der Waals surface area contributed by atoms with E-state index in [1.807, 2.05) is 4.90 Å². The molecule has 1 amide bonds. The van der Waals surface area contributed by atoms with Gasteiger partial charge in [0, 0.05) is 38.8 Å². The first kappa shape index (κ1) is 17.7. The van der Waals surface area contributed by atoms with Crippen LogP contribution in [0.25, 0.3) is 0 Å². The van der Waals surface area contributed by atoms with Gasteiger partial charge in [-0.25, -0.2) is 0 Å². The molecule has 0 bridgehead atoms. The van der Waals surface area contributed by atoms with Gasteiger partial charge in [-0.1, -0.05) is 26.7 Å². The van der Waals surface area contributed by atoms with Gasteiger partial charge < -0.3 is 15.5 Å². The minimum atomic E-state index is -0.332. The molecule has 0 spiro atoms. The maximum Gasteiger partial charge on any atom is 0.239 e. The largest absolute Gasteiger partial charge is 0.339 e. The standard InChI is InChI=1S/C17H34N4O/c1-4-14(2)16(18)17(22)21-11-9-20(10-12-21)13-15-7-5-6-8-19(15)3/h14-16H,4-13,18H2,1-3H3. The molecule has 2 aliphatic heterocycles. The molecule has 0 aromatic carbocycles. The highest BCUT2D eigenvalue weighted by Gasteiger charge is 2.29. The third kappa shape index (κ3) is 4.43. The van der Waals surface area contributed by atoms with Crippen LogP contribution >= 0.6 is 0 Å². The number of nitrogens with zero attached hydrogens (tertiary/aromatic N) is 3. The van der Waals surface area contributed by atoms with E-state index >= 15 is 0 Å². The Morgan fingerprint density at radius 2 is 1.86 bits per heavy atom. The molecule has 3 atom stereocenters. The Labute approximate surface area is 135 Å². The first-order valence-electron chi connectivity index (χ1n) is 9.00. The number of likely N-dealkylation sites (tertiary alicyclic amines) is 1. The number of carbonyl (C=O) groups excluding carboxylic acids is 1. The van der Waals surface area contributed by atoms with Crippen LogP contribution in [0.2, 0.25) is 0 Å². The SMILES string of the molecule is CCC(C)C(N)C(=O)N1CCN(CC2CCCCN2C)CC1. The molecule has 0 aliphatic carbocycles. The first-order valence-corrected chi connectivity index (χ1v) is 9.00. The van der Waals surface area contributed by atoms with Crippen LogP contribution < -0.4 is 5.73 Å². The molecule has 5 nitrogen and oxygen atoms in total. The molecule has 22 heavy (non-hydrogen) atoms. The predicted octanol–water partition coefficient (Wildman–Crippen LogP) is 0.988. The summed E-state index contributed by atoms with van der Waals surface area (Å²) in [5.41, 5.74) is 6.09. The lowest BCUT2D eigenvalue weighted by Crippen LogP contribution is -2.56. The predicted molar refractivity (Wildman–Crippen MR) is 90.7 cm³/mol. The average molecular weight is 310 g/mol. The number of hydrogen-bond acceptors (Lipinski definition) is 4. The van der Waals surface area contributed by atoms with Crippen LogP contribution in [0.3, 0.4) is 0 Å². The molecule has 0 aromatic heterocycles. The van der Waals surface area contributed by atoms with E-state index in [0.717, 1.165) is 39.1 Å². The average Bonchev–Trinajstić information content (AvgIpc) is 2.55. The van der Waals surface area contributed by atoms with E-state index in [9.17, 15) is 4.79 Å². The van der Waals surface area contributed by atoms with Gasteiger partial charge in [-0.15, -0.1) is 0 Å². The van der Waals surface area contributed by atoms with Gasteiger partial charge in [0.2, 0.25) is 5.91 Å². The van der Waals surface area contributed by atoms with E-state index in [4.69, 9.17) is 5.73 Å². The number of nitrogens with two attached hydrogens (primary N) is 1. The lowest BCUT2D eigenvalue weighted by Gasteiger charge is -2.40. The van der Waals surface area contributed by atoms with E-state index in [1.54, 1.807) is 0 Å². The Morgan fingerprint density at radius 1 is 1.18 bits per heavy atom. The number of piperidine rings is 1. The van der Waals surface area contributed by atoms with E-state index in [0.29, 0.717) is 6.04 Å². The van der Waals surface area contributed by atoms with Crippen molar-refractivity contribution in [3.8, 4) is 0 Å². The van der Waals surface area contributed by atoms with Crippen LogP contribution in [0.1, 0.15) is 39.5 Å². The fourth-order valence-electron chi connectivity index (χ4n) is 3.53. The second-order valence-corrected chi connectivity index (χ2v) is 7.17. The summed E-state index contributed by atoms with van der Waals surface area (Å²) in [6, 6.07) is 0.361. The molecule has 2 N–H and O–H groups in total. The molecular formula is C17H34N4O. The lowest BCUT2D eigenvalue weighted by atomic mass is 9.98. The van der Waals surface area contributed by atoms with Crippen molar-refractivity contribution >= 4 is 5.91 Å². The number of hydrogen-bond donors (Lipinski definition) is 1. The van der Waals surface area contributed by atoms with Crippen molar-refractivity contribution in [2.24, 2.45) is 11.7 Å². The summed E-state index contributed by atoms with van der Waals surface area (Å²) in [6.07, 6.45) is 4.97. The molecule has 0 radical (unpaired) electrons. The molecule has 2 saturated heterocycles. The molecule has 2 heterocycles. The van der Waals surface area contributed by atoms with Gasteiger partial charge in [0.25, 0.3) is 0 Å². The number of rotatable bonds is 5. The third-order valence-electron chi connectivity index (χ3n) is 5.62. The first-order chi connectivity index (χ1) is 10.5. The van der Waals surface area contributed by atoms with E-state index in [1.165, 1.54) is 25.8 Å². The zero-order valence-electron chi connectivity index (χ0n) is 14.6. The van der Waals surface area contributed by atoms with Gasteiger partial charge in [0.05, 0.1) is 6.04 Å². The highest BCUT2D eigenvalue weighted by atomic mass is 16.2. The highest BCUT2D eigenvalue weighted by Crippen LogP contribution is 2.17. The molecule has 2 aliphatic rings. The summed E-state index contributed by atoms with van der Waals surface area (Å²) in [5.74, 6) is 0.408. The number of likely N-dealkylation sites (N-methyl/N-ethyl adjacent to an activating group) is 1. The molecule has 2 rings (SSSR count). The van der Waals surface area contributed by atoms with Crippen LogP contribution in [0, 0.1) is 5.92 Å². The Bertz CT molecular complexity index is 355. The summed E-state index contributed by atoms with van der Waals surface area (Å²) >= 11 is 0. The molecule has 5 heteroatoms. The molecule has 0 aromatic rings. The van der Waals surface area contributed by atoms with Crippen LogP contribution in [0.15, 0.2) is 0 Å². The zero-order chi connectivity index (χ0) is 16.1. The van der Waals surface area contributed by atoms with Crippen molar-refractivity contribution in [2.45, 2.75) is 51.6 Å². The van der Waals surface area contributed by atoms with Crippen LogP contribution in [0.4, 0.5) is 0 Å². The van der Waals surface area contributed by atoms with Gasteiger partial charge in [-0.2, -0.15) is 0 Å². The van der Waals surface area contributed by atoms with E-state index in [2.05, 4.69) is 30.7 Å². The molecule has 128 valence electrons. The maximum atomic E-state index is 12.4. The van der Waals surface area contributed by atoms with Crippen LogP contribution in [-0.2, 0) is 4.79 Å². The molecule has 2 fully saturated rings.